The molecule has 126 valence electrons. The van der Waals surface area contributed by atoms with Gasteiger partial charge in [-0.05, 0) is 31.0 Å². The Morgan fingerprint density at radius 1 is 1.26 bits per heavy atom. The molecule has 0 radical (unpaired) electrons. The summed E-state index contributed by atoms with van der Waals surface area (Å²) >= 11 is 0. The topological polar surface area (TPSA) is 70.6 Å². The van der Waals surface area contributed by atoms with E-state index in [4.69, 9.17) is 0 Å². The maximum absolute atomic E-state index is 12.2. The van der Waals surface area contributed by atoms with Gasteiger partial charge in [0, 0.05) is 12.1 Å². The van der Waals surface area contributed by atoms with Crippen molar-refractivity contribution in [2.75, 3.05) is 5.32 Å². The van der Waals surface area contributed by atoms with Crippen molar-refractivity contribution in [3.63, 3.8) is 0 Å². The molecule has 0 unspecified atom stereocenters. The molecule has 1 aromatic carbocycles. The first-order valence-electron chi connectivity index (χ1n) is 7.05. The van der Waals surface area contributed by atoms with Crippen molar-refractivity contribution in [3.8, 4) is 0 Å². The number of hydrogen-bond acceptors (Lipinski definition) is 3. The Balaban J connectivity index is 2.75. The summed E-state index contributed by atoms with van der Waals surface area (Å²) in [5, 5.41) is 5.66. The van der Waals surface area contributed by atoms with Crippen molar-refractivity contribution < 1.29 is 22.8 Å². The zero-order valence-electron chi connectivity index (χ0n) is 12.8. The van der Waals surface area contributed by atoms with Crippen LogP contribution in [0.1, 0.15) is 38.7 Å². The van der Waals surface area contributed by atoms with Crippen LogP contribution in [-0.4, -0.2) is 23.7 Å². The second-order valence-electron chi connectivity index (χ2n) is 4.87. The minimum Gasteiger partial charge on any atom is -0.318 e. The summed E-state index contributed by atoms with van der Waals surface area (Å²) in [5.41, 5.74) is 3.28. The number of rotatable bonds is 6. The van der Waals surface area contributed by atoms with Gasteiger partial charge in [0.15, 0.2) is 0 Å². The van der Waals surface area contributed by atoms with Gasteiger partial charge < -0.3 is 5.32 Å². The number of halogens is 3. The summed E-state index contributed by atoms with van der Waals surface area (Å²) in [6.07, 6.45) is -2.96. The first-order valence-corrected chi connectivity index (χ1v) is 7.05. The van der Waals surface area contributed by atoms with Gasteiger partial charge in [0.05, 0.1) is 5.71 Å². The third-order valence-corrected chi connectivity index (χ3v) is 2.90. The van der Waals surface area contributed by atoms with E-state index in [0.29, 0.717) is 17.7 Å². The maximum Gasteiger partial charge on any atom is 0.471 e. The minimum atomic E-state index is -4.95. The van der Waals surface area contributed by atoms with Crippen LogP contribution in [0.4, 0.5) is 18.9 Å². The van der Waals surface area contributed by atoms with Crippen LogP contribution in [0, 0.1) is 0 Å². The largest absolute Gasteiger partial charge is 0.471 e. The Hall–Kier alpha value is -2.38. The first kappa shape index (κ1) is 18.7. The standard InChI is InChI=1S/C15H18F3N3O2/c1-3-4-8-13(22)21-20-10(2)11-6-5-7-12(9-11)19-14(23)15(16,17)18/h5-7,9H,3-4,8H2,1-2H3,(H,19,23)(H,21,22). The number of nitrogens with zero attached hydrogens (tertiary/aromatic N) is 1. The van der Waals surface area contributed by atoms with E-state index in [1.807, 2.05) is 6.92 Å². The van der Waals surface area contributed by atoms with Crippen LogP contribution >= 0.6 is 0 Å². The average molecular weight is 329 g/mol. The first-order chi connectivity index (χ1) is 10.7. The van der Waals surface area contributed by atoms with E-state index in [0.717, 1.165) is 12.8 Å². The molecular formula is C15H18F3N3O2. The van der Waals surface area contributed by atoms with Crippen molar-refractivity contribution >= 4 is 23.2 Å². The van der Waals surface area contributed by atoms with Gasteiger partial charge in [0.1, 0.15) is 0 Å². The highest BCUT2D eigenvalue weighted by Crippen LogP contribution is 2.19. The molecule has 0 aliphatic rings. The van der Waals surface area contributed by atoms with Crippen molar-refractivity contribution in [3.05, 3.63) is 29.8 Å². The number of anilines is 1. The normalized spacial score (nSPS) is 12.0. The van der Waals surface area contributed by atoms with Crippen molar-refractivity contribution in [2.45, 2.75) is 39.3 Å². The fraction of sp³-hybridized carbons (Fsp3) is 0.400. The summed E-state index contributed by atoms with van der Waals surface area (Å²) in [4.78, 5) is 22.4. The Morgan fingerprint density at radius 2 is 1.96 bits per heavy atom. The van der Waals surface area contributed by atoms with Crippen molar-refractivity contribution in [2.24, 2.45) is 5.10 Å². The van der Waals surface area contributed by atoms with Gasteiger partial charge in [-0.1, -0.05) is 25.5 Å². The summed E-state index contributed by atoms with van der Waals surface area (Å²) < 4.78 is 36.7. The van der Waals surface area contributed by atoms with Crippen molar-refractivity contribution in [1.82, 2.24) is 5.43 Å². The number of amides is 2. The molecule has 1 rings (SSSR count). The molecule has 0 aliphatic carbocycles. The van der Waals surface area contributed by atoms with E-state index in [1.165, 1.54) is 18.2 Å². The second-order valence-corrected chi connectivity index (χ2v) is 4.87. The molecule has 0 bridgehead atoms. The molecule has 0 aromatic heterocycles. The molecule has 0 saturated carbocycles. The summed E-state index contributed by atoms with van der Waals surface area (Å²) in [5.74, 6) is -2.27. The molecular weight excluding hydrogens is 311 g/mol. The number of unbranched alkanes of at least 4 members (excludes halogenated alkanes) is 1. The minimum absolute atomic E-state index is 0.00307. The quantitative estimate of drug-likeness (QED) is 0.621. The second kappa shape index (κ2) is 8.30. The van der Waals surface area contributed by atoms with E-state index >= 15 is 0 Å². The molecule has 5 nitrogen and oxygen atoms in total. The van der Waals surface area contributed by atoms with Crippen LogP contribution in [0.3, 0.4) is 0 Å². The lowest BCUT2D eigenvalue weighted by Crippen LogP contribution is -2.29. The highest BCUT2D eigenvalue weighted by molar-refractivity contribution is 6.01. The van der Waals surface area contributed by atoms with Gasteiger partial charge in [-0.3, -0.25) is 9.59 Å². The van der Waals surface area contributed by atoms with Gasteiger partial charge in [0.25, 0.3) is 0 Å². The van der Waals surface area contributed by atoms with E-state index in [1.54, 1.807) is 18.3 Å². The average Bonchev–Trinajstić information content (AvgIpc) is 2.49. The summed E-state index contributed by atoms with van der Waals surface area (Å²) in [7, 11) is 0. The molecule has 2 amide bonds. The van der Waals surface area contributed by atoms with Gasteiger partial charge in [-0.2, -0.15) is 18.3 Å². The molecule has 1 aromatic rings. The molecule has 0 aliphatic heterocycles. The zero-order valence-corrected chi connectivity index (χ0v) is 12.8. The monoisotopic (exact) mass is 329 g/mol. The third kappa shape index (κ3) is 6.50. The molecule has 0 saturated heterocycles. The van der Waals surface area contributed by atoms with E-state index in [2.05, 4.69) is 10.5 Å². The molecule has 8 heteroatoms. The van der Waals surface area contributed by atoms with Crippen LogP contribution in [0.15, 0.2) is 29.4 Å². The Bertz CT molecular complexity index is 598. The SMILES string of the molecule is CCCCC(=O)NN=C(C)c1cccc(NC(=O)C(F)(F)F)c1. The summed E-state index contributed by atoms with van der Waals surface area (Å²) in [6, 6.07) is 5.78. The number of carbonyl (C=O) groups excluding carboxylic acids is 2. The number of alkyl halides is 3. The molecule has 23 heavy (non-hydrogen) atoms. The lowest BCUT2D eigenvalue weighted by molar-refractivity contribution is -0.167. The number of hydrazone groups is 1. The number of carbonyl (C=O) groups is 2. The number of hydrogen-bond donors (Lipinski definition) is 2. The molecule has 0 atom stereocenters. The van der Waals surface area contributed by atoms with Crippen LogP contribution in [0.2, 0.25) is 0 Å². The predicted octanol–water partition coefficient (Wildman–Crippen LogP) is 3.22. The van der Waals surface area contributed by atoms with Crippen LogP contribution in [0.25, 0.3) is 0 Å². The number of nitrogens with one attached hydrogen (secondary N) is 2. The van der Waals surface area contributed by atoms with Crippen LogP contribution in [-0.2, 0) is 9.59 Å². The summed E-state index contributed by atoms with van der Waals surface area (Å²) in [6.45, 7) is 3.56. The fourth-order valence-corrected chi connectivity index (χ4v) is 1.63. The van der Waals surface area contributed by atoms with Gasteiger partial charge in [-0.15, -0.1) is 0 Å². The van der Waals surface area contributed by atoms with Crippen LogP contribution in [0.5, 0.6) is 0 Å². The van der Waals surface area contributed by atoms with E-state index < -0.39 is 12.1 Å². The highest BCUT2D eigenvalue weighted by atomic mass is 19.4. The predicted molar refractivity (Wildman–Crippen MR) is 81.0 cm³/mol. The third-order valence-electron chi connectivity index (χ3n) is 2.90. The Kier molecular flexibility index (Phi) is 6.74. The highest BCUT2D eigenvalue weighted by Gasteiger charge is 2.38. The van der Waals surface area contributed by atoms with Gasteiger partial charge in [0.2, 0.25) is 5.91 Å². The molecule has 2 N–H and O–H groups in total. The van der Waals surface area contributed by atoms with Crippen molar-refractivity contribution in [1.29, 1.82) is 0 Å². The Morgan fingerprint density at radius 3 is 2.57 bits per heavy atom. The van der Waals surface area contributed by atoms with E-state index in [9.17, 15) is 22.8 Å². The molecule has 0 spiro atoms. The molecule has 0 heterocycles. The number of benzene rings is 1. The van der Waals surface area contributed by atoms with Gasteiger partial charge >= 0.3 is 12.1 Å². The Labute approximate surface area is 132 Å². The zero-order chi connectivity index (χ0) is 17.5. The maximum atomic E-state index is 12.2. The fourth-order valence-electron chi connectivity index (χ4n) is 1.63. The smallest absolute Gasteiger partial charge is 0.318 e. The van der Waals surface area contributed by atoms with E-state index in [-0.39, 0.29) is 11.6 Å². The van der Waals surface area contributed by atoms with Gasteiger partial charge in [-0.25, -0.2) is 5.43 Å². The lowest BCUT2D eigenvalue weighted by Gasteiger charge is -2.09. The van der Waals surface area contributed by atoms with Crippen LogP contribution < -0.4 is 10.7 Å². The molecule has 0 fully saturated rings. The lowest BCUT2D eigenvalue weighted by atomic mass is 10.1.